The third kappa shape index (κ3) is 9.21. The lowest BCUT2D eigenvalue weighted by atomic mass is 10.1. The van der Waals surface area contributed by atoms with Crippen LogP contribution in [0, 0.1) is 0 Å². The number of hydrogen-bond acceptors (Lipinski definition) is 3. The summed E-state index contributed by atoms with van der Waals surface area (Å²) in [5.41, 5.74) is 10.7. The highest BCUT2D eigenvalue weighted by Gasteiger charge is 2.08. The monoisotopic (exact) mass is 227 g/mol. The van der Waals surface area contributed by atoms with Gasteiger partial charge in [-0.25, -0.2) is 0 Å². The van der Waals surface area contributed by atoms with Gasteiger partial charge in [0.05, 0.1) is 5.84 Å². The molecular weight excluding hydrogens is 206 g/mol. The van der Waals surface area contributed by atoms with Crippen LogP contribution in [-0.2, 0) is 4.79 Å². The molecule has 0 fully saturated rings. The van der Waals surface area contributed by atoms with Gasteiger partial charge in [-0.05, 0) is 32.6 Å². The van der Waals surface area contributed by atoms with Crippen LogP contribution in [0.1, 0.15) is 32.6 Å². The van der Waals surface area contributed by atoms with E-state index in [2.05, 4.69) is 4.99 Å². The Morgan fingerprint density at radius 1 is 1.44 bits per heavy atom. The van der Waals surface area contributed by atoms with Crippen LogP contribution >= 0.6 is 0 Å². The predicted octanol–water partition coefficient (Wildman–Crippen LogP) is 0.892. The second kappa shape index (κ2) is 8.91. The lowest BCUT2D eigenvalue weighted by molar-refractivity contribution is -0.138. The number of carboxylic acid groups (broad SMARTS) is 1. The van der Waals surface area contributed by atoms with Crippen molar-refractivity contribution in [2.45, 2.75) is 38.6 Å². The van der Waals surface area contributed by atoms with Gasteiger partial charge in [0.15, 0.2) is 0 Å². The lowest BCUT2D eigenvalue weighted by Gasteiger charge is -2.02. The number of carboxylic acids is 1. The SMILES string of the molecule is CC(N)=NCCC/C=C\CC[C@H](N)C(=O)O. The molecule has 0 unspecified atom stereocenters. The van der Waals surface area contributed by atoms with Crippen molar-refractivity contribution in [2.75, 3.05) is 6.54 Å². The zero-order chi connectivity index (χ0) is 12.4. The highest BCUT2D eigenvalue weighted by molar-refractivity contribution is 5.77. The Hall–Kier alpha value is -1.36. The molecule has 0 aromatic rings. The van der Waals surface area contributed by atoms with E-state index in [4.69, 9.17) is 16.6 Å². The minimum atomic E-state index is -0.943. The van der Waals surface area contributed by atoms with Crippen LogP contribution in [0.4, 0.5) is 0 Å². The number of nitrogens with zero attached hydrogens (tertiary/aromatic N) is 1. The first kappa shape index (κ1) is 14.6. The summed E-state index contributed by atoms with van der Waals surface area (Å²) in [6.45, 7) is 2.50. The molecule has 0 rings (SSSR count). The van der Waals surface area contributed by atoms with Gasteiger partial charge in [0, 0.05) is 6.54 Å². The molecule has 0 aliphatic rings. The molecule has 0 spiro atoms. The van der Waals surface area contributed by atoms with Gasteiger partial charge in [0.2, 0.25) is 0 Å². The fraction of sp³-hybridized carbons (Fsp3) is 0.636. The maximum Gasteiger partial charge on any atom is 0.320 e. The molecule has 0 saturated carbocycles. The second-order valence-corrected chi connectivity index (χ2v) is 3.66. The molecule has 0 radical (unpaired) electrons. The highest BCUT2D eigenvalue weighted by atomic mass is 16.4. The minimum Gasteiger partial charge on any atom is -0.480 e. The third-order valence-corrected chi connectivity index (χ3v) is 2.02. The van der Waals surface area contributed by atoms with Crippen molar-refractivity contribution in [1.82, 2.24) is 0 Å². The zero-order valence-corrected chi connectivity index (χ0v) is 9.72. The smallest absolute Gasteiger partial charge is 0.320 e. The van der Waals surface area contributed by atoms with E-state index < -0.39 is 12.0 Å². The number of rotatable bonds is 8. The maximum atomic E-state index is 10.4. The van der Waals surface area contributed by atoms with Gasteiger partial charge in [-0.2, -0.15) is 0 Å². The molecule has 0 aromatic heterocycles. The van der Waals surface area contributed by atoms with E-state index in [1.807, 2.05) is 12.2 Å². The van der Waals surface area contributed by atoms with Crippen molar-refractivity contribution < 1.29 is 9.90 Å². The van der Waals surface area contributed by atoms with E-state index in [1.54, 1.807) is 6.92 Å². The molecule has 5 nitrogen and oxygen atoms in total. The number of hydrogen-bond donors (Lipinski definition) is 3. The summed E-state index contributed by atoms with van der Waals surface area (Å²) in [4.78, 5) is 14.4. The first-order valence-electron chi connectivity index (χ1n) is 5.44. The average Bonchev–Trinajstić information content (AvgIpc) is 2.21. The largest absolute Gasteiger partial charge is 0.480 e. The number of allylic oxidation sites excluding steroid dienone is 2. The number of aliphatic carboxylic acids is 1. The molecule has 0 heterocycles. The molecule has 5 N–H and O–H groups in total. The first-order valence-corrected chi connectivity index (χ1v) is 5.44. The summed E-state index contributed by atoms with van der Waals surface area (Å²) in [6.07, 6.45) is 7.05. The Kier molecular flexibility index (Phi) is 8.15. The van der Waals surface area contributed by atoms with Crippen LogP contribution in [0.15, 0.2) is 17.1 Å². The topological polar surface area (TPSA) is 102 Å². The predicted molar refractivity (Wildman–Crippen MR) is 65.4 cm³/mol. The molecule has 0 amide bonds. The highest BCUT2D eigenvalue weighted by Crippen LogP contribution is 1.99. The molecule has 0 aliphatic heterocycles. The Morgan fingerprint density at radius 3 is 2.62 bits per heavy atom. The number of aliphatic imine (C=N–C) groups is 1. The van der Waals surface area contributed by atoms with Crippen molar-refractivity contribution in [3.8, 4) is 0 Å². The molecule has 0 aliphatic carbocycles. The van der Waals surface area contributed by atoms with Crippen LogP contribution in [0.3, 0.4) is 0 Å². The molecule has 0 bridgehead atoms. The first-order chi connectivity index (χ1) is 7.54. The van der Waals surface area contributed by atoms with E-state index in [-0.39, 0.29) is 0 Å². The van der Waals surface area contributed by atoms with Gasteiger partial charge < -0.3 is 16.6 Å². The van der Waals surface area contributed by atoms with Crippen LogP contribution in [-0.4, -0.2) is 29.5 Å². The summed E-state index contributed by atoms with van der Waals surface area (Å²) in [6, 6.07) is -0.755. The molecule has 0 saturated heterocycles. The van der Waals surface area contributed by atoms with E-state index in [0.29, 0.717) is 18.7 Å². The molecular formula is C11H21N3O2. The zero-order valence-electron chi connectivity index (χ0n) is 9.72. The summed E-state index contributed by atoms with van der Waals surface area (Å²) in [7, 11) is 0. The Labute approximate surface area is 96.2 Å². The summed E-state index contributed by atoms with van der Waals surface area (Å²) >= 11 is 0. The number of nitrogens with two attached hydrogens (primary N) is 2. The van der Waals surface area contributed by atoms with Gasteiger partial charge in [-0.15, -0.1) is 0 Å². The molecule has 92 valence electrons. The fourth-order valence-corrected chi connectivity index (χ4v) is 1.10. The fourth-order valence-electron chi connectivity index (χ4n) is 1.10. The molecule has 1 atom stereocenters. The molecule has 0 aromatic carbocycles. The quantitative estimate of drug-likeness (QED) is 0.248. The summed E-state index contributed by atoms with van der Waals surface area (Å²) in [5.74, 6) is -0.336. The van der Waals surface area contributed by atoms with E-state index in [0.717, 1.165) is 19.4 Å². The van der Waals surface area contributed by atoms with Crippen molar-refractivity contribution in [2.24, 2.45) is 16.5 Å². The second-order valence-electron chi connectivity index (χ2n) is 3.66. The van der Waals surface area contributed by atoms with Crippen LogP contribution < -0.4 is 11.5 Å². The molecule has 5 heteroatoms. The normalized spacial score (nSPS) is 14.2. The van der Waals surface area contributed by atoms with E-state index in [9.17, 15) is 4.79 Å². The van der Waals surface area contributed by atoms with Crippen molar-refractivity contribution in [1.29, 1.82) is 0 Å². The number of amidine groups is 1. The van der Waals surface area contributed by atoms with Crippen molar-refractivity contribution >= 4 is 11.8 Å². The van der Waals surface area contributed by atoms with Gasteiger partial charge in [0.1, 0.15) is 6.04 Å². The van der Waals surface area contributed by atoms with Crippen LogP contribution in [0.2, 0.25) is 0 Å². The number of unbranched alkanes of at least 4 members (excludes halogenated alkanes) is 1. The van der Waals surface area contributed by atoms with Crippen molar-refractivity contribution in [3.05, 3.63) is 12.2 Å². The van der Waals surface area contributed by atoms with Gasteiger partial charge >= 0.3 is 5.97 Å². The lowest BCUT2D eigenvalue weighted by Crippen LogP contribution is -2.29. The van der Waals surface area contributed by atoms with E-state index in [1.165, 1.54) is 0 Å². The Bertz CT molecular complexity index is 258. The van der Waals surface area contributed by atoms with Crippen LogP contribution in [0.25, 0.3) is 0 Å². The minimum absolute atomic E-state index is 0.478. The van der Waals surface area contributed by atoms with Crippen LogP contribution in [0.5, 0.6) is 0 Å². The van der Waals surface area contributed by atoms with Gasteiger partial charge in [-0.1, -0.05) is 12.2 Å². The third-order valence-electron chi connectivity index (χ3n) is 2.02. The molecule has 16 heavy (non-hydrogen) atoms. The van der Waals surface area contributed by atoms with Gasteiger partial charge in [0.25, 0.3) is 0 Å². The summed E-state index contributed by atoms with van der Waals surface area (Å²) < 4.78 is 0. The average molecular weight is 227 g/mol. The van der Waals surface area contributed by atoms with Gasteiger partial charge in [-0.3, -0.25) is 9.79 Å². The Morgan fingerprint density at radius 2 is 2.06 bits per heavy atom. The standard InChI is InChI=1S/C11H21N3O2/c1-9(12)14-8-6-4-2-3-5-7-10(13)11(15)16/h2-3,10H,4-8,13H2,1H3,(H2,12,14)(H,15,16)/b3-2-/t10-/m0/s1. The van der Waals surface area contributed by atoms with Crippen molar-refractivity contribution in [3.63, 3.8) is 0 Å². The number of carbonyl (C=O) groups is 1. The maximum absolute atomic E-state index is 10.4. The summed E-state index contributed by atoms with van der Waals surface area (Å²) in [5, 5.41) is 8.53. The Balaban J connectivity index is 3.42. The van der Waals surface area contributed by atoms with E-state index >= 15 is 0 Å².